The van der Waals surface area contributed by atoms with Gasteiger partial charge in [0.1, 0.15) is 6.54 Å². The Labute approximate surface area is 101 Å². The van der Waals surface area contributed by atoms with Crippen LogP contribution >= 0.6 is 0 Å². The summed E-state index contributed by atoms with van der Waals surface area (Å²) in [6.45, 7) is 3.73. The van der Waals surface area contributed by atoms with Gasteiger partial charge in [-0.2, -0.15) is 0 Å². The van der Waals surface area contributed by atoms with Gasteiger partial charge in [0.25, 0.3) is 0 Å². The highest BCUT2D eigenvalue weighted by molar-refractivity contribution is 5.86. The van der Waals surface area contributed by atoms with Crippen LogP contribution in [0.4, 0.5) is 0 Å². The monoisotopic (exact) mass is 235 g/mol. The fraction of sp³-hybridized carbons (Fsp3) is 0.385. The lowest BCUT2D eigenvalue weighted by molar-refractivity contribution is -0.144. The fourth-order valence-corrected chi connectivity index (χ4v) is 1.67. The van der Waals surface area contributed by atoms with Crippen molar-refractivity contribution in [3.8, 4) is 0 Å². The molecule has 0 spiro atoms. The zero-order valence-electron chi connectivity index (χ0n) is 10.1. The first-order valence-electron chi connectivity index (χ1n) is 5.61. The van der Waals surface area contributed by atoms with Crippen LogP contribution in [0.3, 0.4) is 0 Å². The molecular formula is C13H17NO3. The van der Waals surface area contributed by atoms with Gasteiger partial charge < -0.3 is 10.0 Å². The SMILES string of the molecule is CCN(CC(=O)O)C(=O)[C@@H](C)c1ccccc1. The number of benzene rings is 1. The summed E-state index contributed by atoms with van der Waals surface area (Å²) in [5.41, 5.74) is 0.904. The fourth-order valence-electron chi connectivity index (χ4n) is 1.67. The van der Waals surface area contributed by atoms with Crippen LogP contribution in [0.5, 0.6) is 0 Å². The van der Waals surface area contributed by atoms with Gasteiger partial charge in [0.2, 0.25) is 5.91 Å². The molecule has 1 aromatic rings. The zero-order chi connectivity index (χ0) is 12.8. The van der Waals surface area contributed by atoms with Gasteiger partial charge >= 0.3 is 5.97 Å². The van der Waals surface area contributed by atoms with Crippen molar-refractivity contribution in [1.29, 1.82) is 0 Å². The van der Waals surface area contributed by atoms with Crippen LogP contribution in [0.15, 0.2) is 30.3 Å². The molecule has 92 valence electrons. The zero-order valence-corrected chi connectivity index (χ0v) is 10.1. The minimum absolute atomic E-state index is 0.152. The molecule has 0 saturated heterocycles. The summed E-state index contributed by atoms with van der Waals surface area (Å²) in [4.78, 5) is 24.1. The number of hydrogen-bond donors (Lipinski definition) is 1. The van der Waals surface area contributed by atoms with Gasteiger partial charge in [-0.15, -0.1) is 0 Å². The van der Waals surface area contributed by atoms with Crippen LogP contribution < -0.4 is 0 Å². The van der Waals surface area contributed by atoms with Crippen molar-refractivity contribution in [3.63, 3.8) is 0 Å². The van der Waals surface area contributed by atoms with Gasteiger partial charge in [-0.1, -0.05) is 30.3 Å². The predicted molar refractivity (Wildman–Crippen MR) is 64.7 cm³/mol. The van der Waals surface area contributed by atoms with Gasteiger partial charge in [-0.3, -0.25) is 9.59 Å². The molecule has 1 aromatic carbocycles. The Morgan fingerprint density at radius 3 is 2.35 bits per heavy atom. The molecule has 0 unspecified atom stereocenters. The molecule has 0 aliphatic heterocycles. The number of hydrogen-bond acceptors (Lipinski definition) is 2. The molecule has 0 aliphatic rings. The highest BCUT2D eigenvalue weighted by Gasteiger charge is 2.22. The third kappa shape index (κ3) is 3.59. The highest BCUT2D eigenvalue weighted by atomic mass is 16.4. The average Bonchev–Trinajstić information content (AvgIpc) is 2.35. The third-order valence-corrected chi connectivity index (χ3v) is 2.69. The standard InChI is InChI=1S/C13H17NO3/c1-3-14(9-12(15)16)13(17)10(2)11-7-5-4-6-8-11/h4-8,10H,3,9H2,1-2H3,(H,15,16)/t10-/m0/s1. The van der Waals surface area contributed by atoms with E-state index in [1.54, 1.807) is 13.8 Å². The molecule has 0 radical (unpaired) electrons. The number of carboxylic acid groups (broad SMARTS) is 1. The van der Waals surface area contributed by atoms with Crippen molar-refractivity contribution >= 4 is 11.9 Å². The van der Waals surface area contributed by atoms with Crippen LogP contribution in [-0.4, -0.2) is 35.0 Å². The van der Waals surface area contributed by atoms with Crippen LogP contribution in [0.25, 0.3) is 0 Å². The third-order valence-electron chi connectivity index (χ3n) is 2.69. The number of carbonyl (C=O) groups is 2. The topological polar surface area (TPSA) is 57.6 Å². The Kier molecular flexibility index (Phi) is 4.69. The van der Waals surface area contributed by atoms with E-state index in [0.29, 0.717) is 6.54 Å². The summed E-state index contributed by atoms with van der Waals surface area (Å²) in [6, 6.07) is 9.36. The summed E-state index contributed by atoms with van der Waals surface area (Å²) in [6.07, 6.45) is 0. The lowest BCUT2D eigenvalue weighted by atomic mass is 10.00. The Morgan fingerprint density at radius 1 is 1.29 bits per heavy atom. The van der Waals surface area contributed by atoms with Crippen molar-refractivity contribution in [2.75, 3.05) is 13.1 Å². The molecule has 0 aromatic heterocycles. The second kappa shape index (κ2) is 6.03. The highest BCUT2D eigenvalue weighted by Crippen LogP contribution is 2.17. The van der Waals surface area contributed by atoms with E-state index in [4.69, 9.17) is 5.11 Å². The minimum atomic E-state index is -0.986. The quantitative estimate of drug-likeness (QED) is 0.845. The molecule has 0 aliphatic carbocycles. The maximum atomic E-state index is 12.1. The van der Waals surface area contributed by atoms with Crippen molar-refractivity contribution in [2.24, 2.45) is 0 Å². The average molecular weight is 235 g/mol. The van der Waals surface area contributed by atoms with Gasteiger partial charge in [0.15, 0.2) is 0 Å². The molecule has 0 heterocycles. The number of aliphatic carboxylic acids is 1. The lowest BCUT2D eigenvalue weighted by Gasteiger charge is -2.22. The predicted octanol–water partition coefficient (Wildman–Crippen LogP) is 1.72. The number of likely N-dealkylation sites (N-methyl/N-ethyl adjacent to an activating group) is 1. The van der Waals surface area contributed by atoms with Crippen molar-refractivity contribution in [2.45, 2.75) is 19.8 Å². The molecule has 0 bridgehead atoms. The molecule has 17 heavy (non-hydrogen) atoms. The summed E-state index contributed by atoms with van der Waals surface area (Å²) >= 11 is 0. The van der Waals surface area contributed by atoms with E-state index in [0.717, 1.165) is 5.56 Å². The van der Waals surface area contributed by atoms with E-state index in [9.17, 15) is 9.59 Å². The second-order valence-electron chi connectivity index (χ2n) is 3.88. The molecule has 0 saturated carbocycles. The smallest absolute Gasteiger partial charge is 0.323 e. The Morgan fingerprint density at radius 2 is 1.88 bits per heavy atom. The molecule has 4 heteroatoms. The Balaban J connectivity index is 2.77. The van der Waals surface area contributed by atoms with Gasteiger partial charge in [0, 0.05) is 6.54 Å². The number of carboxylic acids is 1. The first-order chi connectivity index (χ1) is 8.06. The first-order valence-corrected chi connectivity index (χ1v) is 5.61. The van der Waals surface area contributed by atoms with Crippen molar-refractivity contribution in [1.82, 2.24) is 4.90 Å². The van der Waals surface area contributed by atoms with Crippen LogP contribution in [0.2, 0.25) is 0 Å². The Hall–Kier alpha value is -1.84. The van der Waals surface area contributed by atoms with E-state index in [1.807, 2.05) is 30.3 Å². The number of nitrogens with zero attached hydrogens (tertiary/aromatic N) is 1. The maximum Gasteiger partial charge on any atom is 0.323 e. The lowest BCUT2D eigenvalue weighted by Crippen LogP contribution is -2.38. The van der Waals surface area contributed by atoms with Crippen molar-refractivity contribution in [3.05, 3.63) is 35.9 Å². The minimum Gasteiger partial charge on any atom is -0.480 e. The first kappa shape index (κ1) is 13.2. The molecule has 1 rings (SSSR count). The van der Waals surface area contributed by atoms with Gasteiger partial charge in [-0.25, -0.2) is 0 Å². The maximum absolute atomic E-state index is 12.1. The summed E-state index contributed by atoms with van der Waals surface area (Å²) < 4.78 is 0. The summed E-state index contributed by atoms with van der Waals surface area (Å²) in [5, 5.41) is 8.72. The normalized spacial score (nSPS) is 11.9. The molecule has 4 nitrogen and oxygen atoms in total. The van der Waals surface area contributed by atoms with Crippen molar-refractivity contribution < 1.29 is 14.7 Å². The summed E-state index contributed by atoms with van der Waals surface area (Å²) in [7, 11) is 0. The van der Waals surface area contributed by atoms with E-state index >= 15 is 0 Å². The van der Waals surface area contributed by atoms with E-state index in [-0.39, 0.29) is 18.4 Å². The van der Waals surface area contributed by atoms with E-state index in [2.05, 4.69) is 0 Å². The number of carbonyl (C=O) groups excluding carboxylic acids is 1. The molecule has 1 N–H and O–H groups in total. The van der Waals surface area contributed by atoms with E-state index < -0.39 is 5.97 Å². The Bertz CT molecular complexity index is 389. The number of rotatable bonds is 5. The largest absolute Gasteiger partial charge is 0.480 e. The molecule has 1 amide bonds. The van der Waals surface area contributed by atoms with Gasteiger partial charge in [-0.05, 0) is 19.4 Å². The second-order valence-corrected chi connectivity index (χ2v) is 3.88. The van der Waals surface area contributed by atoms with Crippen LogP contribution in [0.1, 0.15) is 25.3 Å². The van der Waals surface area contributed by atoms with Crippen LogP contribution in [-0.2, 0) is 9.59 Å². The number of amides is 1. The van der Waals surface area contributed by atoms with E-state index in [1.165, 1.54) is 4.90 Å². The molecule has 1 atom stereocenters. The molecule has 0 fully saturated rings. The van der Waals surface area contributed by atoms with Gasteiger partial charge in [0.05, 0.1) is 5.92 Å². The van der Waals surface area contributed by atoms with Crippen LogP contribution in [0, 0.1) is 0 Å². The summed E-state index contributed by atoms with van der Waals surface area (Å²) in [5.74, 6) is -1.45. The molecular weight excluding hydrogens is 218 g/mol.